The number of amides is 1. The van der Waals surface area contributed by atoms with Crippen molar-refractivity contribution in [3.05, 3.63) is 110 Å². The topological polar surface area (TPSA) is 83.4 Å². The van der Waals surface area contributed by atoms with Crippen molar-refractivity contribution in [2.75, 3.05) is 4.90 Å². The summed E-state index contributed by atoms with van der Waals surface area (Å²) in [7, 11) is 0. The van der Waals surface area contributed by atoms with E-state index in [1.165, 1.54) is 40.1 Å². The molecular formula is C28H21BrFN3O3S2. The van der Waals surface area contributed by atoms with Crippen LogP contribution >= 0.6 is 39.0 Å². The number of carbonyl (C=O) groups is 2. The molecule has 1 atom stereocenters. The van der Waals surface area contributed by atoms with Crippen LogP contribution in [0.1, 0.15) is 33.9 Å². The minimum Gasteiger partial charge on any atom is -0.507 e. The van der Waals surface area contributed by atoms with E-state index in [4.69, 9.17) is 0 Å². The second-order valence-corrected chi connectivity index (χ2v) is 11.9. The number of rotatable bonds is 6. The summed E-state index contributed by atoms with van der Waals surface area (Å²) >= 11 is 6.01. The van der Waals surface area contributed by atoms with Gasteiger partial charge in [0, 0.05) is 15.8 Å². The molecule has 6 nitrogen and oxygen atoms in total. The molecule has 1 N–H and O–H groups in total. The fraction of sp³-hybridized carbons (Fsp3) is 0.143. The maximum Gasteiger partial charge on any atom is 0.301 e. The van der Waals surface area contributed by atoms with Gasteiger partial charge < -0.3 is 5.11 Å². The van der Waals surface area contributed by atoms with Crippen LogP contribution in [0, 0.1) is 19.7 Å². The van der Waals surface area contributed by atoms with Gasteiger partial charge in [0.15, 0.2) is 4.34 Å². The standard InChI is InChI=1S/C28H21BrFN3O3S2/c1-15-3-4-16(2)21(13-15)24(34)22-23(18-7-9-19(29)10-8-18)33(26(36)25(22)35)27-31-32-28(38-27)37-14-17-5-11-20(30)12-6-17/h3-13,23,34H,14H2,1-2H3/b24-22+. The van der Waals surface area contributed by atoms with Gasteiger partial charge in [0.2, 0.25) is 5.13 Å². The fourth-order valence-electron chi connectivity index (χ4n) is 4.21. The second-order valence-electron chi connectivity index (χ2n) is 8.80. The Morgan fingerprint density at radius 3 is 2.47 bits per heavy atom. The third-order valence-electron chi connectivity index (χ3n) is 6.16. The van der Waals surface area contributed by atoms with E-state index in [-0.39, 0.29) is 22.3 Å². The molecule has 1 aliphatic rings. The van der Waals surface area contributed by atoms with Crippen LogP contribution < -0.4 is 4.90 Å². The van der Waals surface area contributed by atoms with Gasteiger partial charge in [-0.05, 0) is 60.9 Å². The van der Waals surface area contributed by atoms with E-state index in [0.717, 1.165) is 21.2 Å². The van der Waals surface area contributed by atoms with E-state index < -0.39 is 17.7 Å². The average Bonchev–Trinajstić information content (AvgIpc) is 3.47. The summed E-state index contributed by atoms with van der Waals surface area (Å²) in [4.78, 5) is 28.1. The summed E-state index contributed by atoms with van der Waals surface area (Å²) in [6.45, 7) is 3.74. The molecule has 10 heteroatoms. The molecular weight excluding hydrogens is 589 g/mol. The summed E-state index contributed by atoms with van der Waals surface area (Å²) in [5.74, 6) is -1.56. The maximum absolute atomic E-state index is 13.4. The highest BCUT2D eigenvalue weighted by Crippen LogP contribution is 2.44. The molecule has 1 unspecified atom stereocenters. The first-order chi connectivity index (χ1) is 18.2. The minimum atomic E-state index is -0.883. The Hall–Kier alpha value is -3.34. The molecule has 4 aromatic rings. The van der Waals surface area contributed by atoms with Crippen molar-refractivity contribution >= 4 is 61.6 Å². The van der Waals surface area contributed by atoms with E-state index >= 15 is 0 Å². The summed E-state index contributed by atoms with van der Waals surface area (Å²) < 4.78 is 14.6. The number of carbonyl (C=O) groups excluding carboxylic acids is 2. The SMILES string of the molecule is Cc1ccc(C)c(/C(O)=C2\C(=O)C(=O)N(c3nnc(SCc4ccc(F)cc4)s3)C2c2ccc(Br)cc2)c1. The first kappa shape index (κ1) is 26.3. The Labute approximate surface area is 235 Å². The van der Waals surface area contributed by atoms with Crippen LogP contribution in [0.15, 0.2) is 81.1 Å². The van der Waals surface area contributed by atoms with Crippen molar-refractivity contribution in [2.45, 2.75) is 30.0 Å². The average molecular weight is 611 g/mol. The van der Waals surface area contributed by atoms with Crippen LogP contribution in [-0.2, 0) is 15.3 Å². The highest BCUT2D eigenvalue weighted by molar-refractivity contribution is 9.10. The van der Waals surface area contributed by atoms with E-state index in [0.29, 0.717) is 21.2 Å². The monoisotopic (exact) mass is 609 g/mol. The lowest BCUT2D eigenvalue weighted by atomic mass is 9.93. The Balaban J connectivity index is 1.55. The molecule has 1 fully saturated rings. The summed E-state index contributed by atoms with van der Waals surface area (Å²) in [5, 5.41) is 20.1. The summed E-state index contributed by atoms with van der Waals surface area (Å²) in [6.07, 6.45) is 0. The van der Waals surface area contributed by atoms with Crippen LogP contribution in [0.25, 0.3) is 5.76 Å². The molecule has 0 spiro atoms. The van der Waals surface area contributed by atoms with Gasteiger partial charge in [-0.2, -0.15) is 0 Å². The quantitative estimate of drug-likeness (QED) is 0.0835. The molecule has 1 amide bonds. The van der Waals surface area contributed by atoms with Crippen molar-refractivity contribution in [3.8, 4) is 0 Å². The first-order valence-corrected chi connectivity index (χ1v) is 14.2. The van der Waals surface area contributed by atoms with Crippen LogP contribution in [0.2, 0.25) is 0 Å². The first-order valence-electron chi connectivity index (χ1n) is 11.6. The summed E-state index contributed by atoms with van der Waals surface area (Å²) in [6, 6.07) is 18.1. The third kappa shape index (κ3) is 5.16. The lowest BCUT2D eigenvalue weighted by Gasteiger charge is -2.22. The Morgan fingerprint density at radius 2 is 1.76 bits per heavy atom. The van der Waals surface area contributed by atoms with Crippen LogP contribution in [0.3, 0.4) is 0 Å². The number of aliphatic hydroxyl groups is 1. The lowest BCUT2D eigenvalue weighted by Crippen LogP contribution is -2.29. The van der Waals surface area contributed by atoms with Gasteiger partial charge in [0.1, 0.15) is 11.6 Å². The summed E-state index contributed by atoms with van der Waals surface area (Å²) in [5.41, 5.74) is 3.76. The number of halogens is 2. The number of aliphatic hydroxyl groups excluding tert-OH is 1. The highest BCUT2D eigenvalue weighted by atomic mass is 79.9. The minimum absolute atomic E-state index is 0.00161. The molecule has 1 saturated heterocycles. The number of hydrogen-bond donors (Lipinski definition) is 1. The van der Waals surface area contributed by atoms with E-state index in [1.807, 2.05) is 38.1 Å². The molecule has 192 valence electrons. The zero-order valence-electron chi connectivity index (χ0n) is 20.3. The van der Waals surface area contributed by atoms with Crippen molar-refractivity contribution in [1.82, 2.24) is 10.2 Å². The number of anilines is 1. The number of aryl methyl sites for hydroxylation is 2. The molecule has 38 heavy (non-hydrogen) atoms. The normalized spacial score (nSPS) is 16.8. The van der Waals surface area contributed by atoms with E-state index in [9.17, 15) is 19.1 Å². The van der Waals surface area contributed by atoms with Gasteiger partial charge >= 0.3 is 5.91 Å². The molecule has 1 aliphatic heterocycles. The molecule has 0 saturated carbocycles. The smallest absolute Gasteiger partial charge is 0.301 e. The van der Waals surface area contributed by atoms with Crippen LogP contribution in [0.5, 0.6) is 0 Å². The zero-order valence-corrected chi connectivity index (χ0v) is 23.5. The second kappa shape index (κ2) is 10.8. The number of ketones is 1. The van der Waals surface area contributed by atoms with Gasteiger partial charge in [0.25, 0.3) is 5.78 Å². The highest BCUT2D eigenvalue weighted by Gasteiger charge is 2.48. The molecule has 2 heterocycles. The predicted octanol–water partition coefficient (Wildman–Crippen LogP) is 6.98. The molecule has 3 aromatic carbocycles. The number of benzene rings is 3. The van der Waals surface area contributed by atoms with Gasteiger partial charge in [-0.1, -0.05) is 81.0 Å². The van der Waals surface area contributed by atoms with Gasteiger partial charge in [0.05, 0.1) is 11.6 Å². The number of thioether (sulfide) groups is 1. The van der Waals surface area contributed by atoms with Crippen molar-refractivity contribution in [3.63, 3.8) is 0 Å². The van der Waals surface area contributed by atoms with Gasteiger partial charge in [-0.25, -0.2) is 4.39 Å². The third-order valence-corrected chi connectivity index (χ3v) is 8.81. The van der Waals surface area contributed by atoms with E-state index in [1.54, 1.807) is 30.3 Å². The van der Waals surface area contributed by atoms with Crippen molar-refractivity contribution in [1.29, 1.82) is 0 Å². The van der Waals surface area contributed by atoms with Crippen molar-refractivity contribution < 1.29 is 19.1 Å². The Morgan fingerprint density at radius 1 is 1.05 bits per heavy atom. The number of hydrogen-bond acceptors (Lipinski definition) is 7. The van der Waals surface area contributed by atoms with Gasteiger partial charge in [-0.3, -0.25) is 14.5 Å². The molecule has 1 aromatic heterocycles. The molecule has 5 rings (SSSR count). The predicted molar refractivity (Wildman–Crippen MR) is 151 cm³/mol. The Bertz CT molecular complexity index is 1570. The Kier molecular flexibility index (Phi) is 7.47. The van der Waals surface area contributed by atoms with Crippen molar-refractivity contribution in [2.24, 2.45) is 0 Å². The maximum atomic E-state index is 13.4. The molecule has 0 bridgehead atoms. The fourth-order valence-corrected chi connectivity index (χ4v) is 6.30. The lowest BCUT2D eigenvalue weighted by molar-refractivity contribution is -0.132. The zero-order chi connectivity index (χ0) is 27.0. The largest absolute Gasteiger partial charge is 0.507 e. The van der Waals surface area contributed by atoms with Crippen LogP contribution in [0.4, 0.5) is 9.52 Å². The number of Topliss-reactive ketones (excluding diaryl/α,β-unsaturated/α-hetero) is 1. The molecule has 0 aliphatic carbocycles. The molecule has 0 radical (unpaired) electrons. The number of nitrogens with zero attached hydrogens (tertiary/aromatic N) is 3. The van der Waals surface area contributed by atoms with E-state index in [2.05, 4.69) is 26.1 Å². The number of aromatic nitrogens is 2. The van der Waals surface area contributed by atoms with Crippen LogP contribution in [-0.4, -0.2) is 27.0 Å². The van der Waals surface area contributed by atoms with Gasteiger partial charge in [-0.15, -0.1) is 10.2 Å².